The number of hydrogen-bond donors (Lipinski definition) is 1. The summed E-state index contributed by atoms with van der Waals surface area (Å²) >= 11 is 0. The number of nitrogens with one attached hydrogen (secondary N) is 1. The number of ether oxygens (including phenoxy) is 2. The molecule has 2 aromatic heterocycles. The molecule has 3 rings (SSSR count). The third kappa shape index (κ3) is 3.69. The molecular formula is C19H23N5O3. The van der Waals surface area contributed by atoms with Crippen LogP contribution in [-0.2, 0) is 17.6 Å². The van der Waals surface area contributed by atoms with Crippen LogP contribution in [0, 0.1) is 13.8 Å². The SMILES string of the molecule is CCc1nc2nc(C)c(CC(=O)Nc3ccc(OC)cc3OC)c(C)n2n1. The van der Waals surface area contributed by atoms with Gasteiger partial charge in [0, 0.05) is 29.4 Å². The first kappa shape index (κ1) is 18.6. The number of anilines is 1. The highest BCUT2D eigenvalue weighted by Gasteiger charge is 2.17. The average molecular weight is 369 g/mol. The molecule has 8 heteroatoms. The van der Waals surface area contributed by atoms with E-state index in [2.05, 4.69) is 20.4 Å². The summed E-state index contributed by atoms with van der Waals surface area (Å²) in [5, 5.41) is 7.34. The third-order valence-electron chi connectivity index (χ3n) is 4.43. The van der Waals surface area contributed by atoms with Crippen molar-refractivity contribution in [1.82, 2.24) is 19.6 Å². The number of nitrogens with zero attached hydrogens (tertiary/aromatic N) is 4. The molecule has 27 heavy (non-hydrogen) atoms. The number of rotatable bonds is 6. The molecule has 1 amide bonds. The number of hydrogen-bond acceptors (Lipinski definition) is 6. The molecule has 0 aliphatic carbocycles. The lowest BCUT2D eigenvalue weighted by atomic mass is 10.1. The highest BCUT2D eigenvalue weighted by Crippen LogP contribution is 2.29. The summed E-state index contributed by atoms with van der Waals surface area (Å²) in [6.45, 7) is 5.80. The first-order valence-corrected chi connectivity index (χ1v) is 8.70. The lowest BCUT2D eigenvalue weighted by molar-refractivity contribution is -0.115. The Balaban J connectivity index is 1.86. The van der Waals surface area contributed by atoms with Gasteiger partial charge in [-0.2, -0.15) is 4.98 Å². The van der Waals surface area contributed by atoms with E-state index in [-0.39, 0.29) is 12.3 Å². The van der Waals surface area contributed by atoms with Gasteiger partial charge in [0.05, 0.1) is 26.3 Å². The largest absolute Gasteiger partial charge is 0.497 e. The zero-order chi connectivity index (χ0) is 19.6. The molecule has 1 aromatic carbocycles. The summed E-state index contributed by atoms with van der Waals surface area (Å²) in [6.07, 6.45) is 0.909. The summed E-state index contributed by atoms with van der Waals surface area (Å²) < 4.78 is 12.2. The average Bonchev–Trinajstić information content (AvgIpc) is 3.08. The van der Waals surface area contributed by atoms with Crippen molar-refractivity contribution in [2.24, 2.45) is 0 Å². The van der Waals surface area contributed by atoms with Gasteiger partial charge in [-0.05, 0) is 26.0 Å². The van der Waals surface area contributed by atoms with Gasteiger partial charge in [-0.25, -0.2) is 9.50 Å². The van der Waals surface area contributed by atoms with Crippen LogP contribution in [0.1, 0.15) is 29.7 Å². The predicted molar refractivity (Wildman–Crippen MR) is 102 cm³/mol. The minimum absolute atomic E-state index is 0.165. The van der Waals surface area contributed by atoms with E-state index < -0.39 is 0 Å². The Labute approximate surface area is 157 Å². The van der Waals surface area contributed by atoms with E-state index in [9.17, 15) is 4.79 Å². The molecule has 0 fully saturated rings. The van der Waals surface area contributed by atoms with Crippen molar-refractivity contribution in [2.45, 2.75) is 33.6 Å². The Hall–Kier alpha value is -3.16. The van der Waals surface area contributed by atoms with Crippen molar-refractivity contribution in [3.8, 4) is 11.5 Å². The summed E-state index contributed by atoms with van der Waals surface area (Å²) in [4.78, 5) is 21.5. The fraction of sp³-hybridized carbons (Fsp3) is 0.368. The van der Waals surface area contributed by atoms with Crippen molar-refractivity contribution in [2.75, 3.05) is 19.5 Å². The van der Waals surface area contributed by atoms with Crippen molar-refractivity contribution < 1.29 is 14.3 Å². The van der Waals surface area contributed by atoms with Crippen LogP contribution in [0.15, 0.2) is 18.2 Å². The molecule has 0 radical (unpaired) electrons. The van der Waals surface area contributed by atoms with Crippen LogP contribution in [0.2, 0.25) is 0 Å². The molecule has 0 aliphatic heterocycles. The van der Waals surface area contributed by atoms with Crippen molar-refractivity contribution in [3.05, 3.63) is 41.0 Å². The van der Waals surface area contributed by atoms with Gasteiger partial charge in [0.2, 0.25) is 5.91 Å². The summed E-state index contributed by atoms with van der Waals surface area (Å²) in [7, 11) is 3.13. The van der Waals surface area contributed by atoms with E-state index in [1.54, 1.807) is 36.9 Å². The monoisotopic (exact) mass is 369 g/mol. The molecule has 0 spiro atoms. The quantitative estimate of drug-likeness (QED) is 0.718. The standard InChI is InChI=1S/C19H23N5O3/c1-6-17-22-19-20-11(2)14(12(3)24(19)23-17)10-18(25)21-15-8-7-13(26-4)9-16(15)27-5/h7-9H,6,10H2,1-5H3,(H,21,25). The van der Waals surface area contributed by atoms with Gasteiger partial charge in [-0.15, -0.1) is 5.10 Å². The van der Waals surface area contributed by atoms with Gasteiger partial charge < -0.3 is 14.8 Å². The maximum atomic E-state index is 12.6. The normalized spacial score (nSPS) is 10.9. The van der Waals surface area contributed by atoms with Crippen molar-refractivity contribution >= 4 is 17.4 Å². The smallest absolute Gasteiger partial charge is 0.252 e. The van der Waals surface area contributed by atoms with E-state index in [1.807, 2.05) is 20.8 Å². The second kappa shape index (κ2) is 7.61. The van der Waals surface area contributed by atoms with E-state index in [0.29, 0.717) is 23.0 Å². The Morgan fingerprint density at radius 3 is 2.63 bits per heavy atom. The predicted octanol–water partition coefficient (Wildman–Crippen LogP) is 2.50. The number of amides is 1. The first-order chi connectivity index (χ1) is 13.0. The number of carbonyl (C=O) groups is 1. The minimum atomic E-state index is -0.165. The highest BCUT2D eigenvalue weighted by atomic mass is 16.5. The summed E-state index contributed by atoms with van der Waals surface area (Å²) in [6, 6.07) is 5.24. The summed E-state index contributed by atoms with van der Waals surface area (Å²) in [5.74, 6) is 2.32. The van der Waals surface area contributed by atoms with E-state index in [0.717, 1.165) is 29.2 Å². The van der Waals surface area contributed by atoms with Gasteiger partial charge in [0.25, 0.3) is 5.78 Å². The Morgan fingerprint density at radius 2 is 1.96 bits per heavy atom. The number of aromatic nitrogens is 4. The van der Waals surface area contributed by atoms with Crippen molar-refractivity contribution in [1.29, 1.82) is 0 Å². The molecule has 2 heterocycles. The second-order valence-corrected chi connectivity index (χ2v) is 6.15. The second-order valence-electron chi connectivity index (χ2n) is 6.15. The highest BCUT2D eigenvalue weighted by molar-refractivity contribution is 5.94. The maximum Gasteiger partial charge on any atom is 0.252 e. The van der Waals surface area contributed by atoms with Crippen LogP contribution in [0.4, 0.5) is 5.69 Å². The first-order valence-electron chi connectivity index (χ1n) is 8.70. The van der Waals surface area contributed by atoms with Crippen LogP contribution in [0.5, 0.6) is 11.5 Å². The molecule has 8 nitrogen and oxygen atoms in total. The van der Waals surface area contributed by atoms with Gasteiger partial charge >= 0.3 is 0 Å². The van der Waals surface area contributed by atoms with Crippen LogP contribution in [-0.4, -0.2) is 39.7 Å². The minimum Gasteiger partial charge on any atom is -0.497 e. The summed E-state index contributed by atoms with van der Waals surface area (Å²) in [5.41, 5.74) is 3.05. The van der Waals surface area contributed by atoms with Crippen LogP contribution >= 0.6 is 0 Å². The van der Waals surface area contributed by atoms with Crippen LogP contribution in [0.3, 0.4) is 0 Å². The molecule has 142 valence electrons. The van der Waals surface area contributed by atoms with Gasteiger partial charge in [-0.3, -0.25) is 4.79 Å². The van der Waals surface area contributed by atoms with E-state index in [4.69, 9.17) is 9.47 Å². The van der Waals surface area contributed by atoms with Gasteiger partial charge in [0.1, 0.15) is 11.5 Å². The van der Waals surface area contributed by atoms with Gasteiger partial charge in [0.15, 0.2) is 5.82 Å². The van der Waals surface area contributed by atoms with Crippen LogP contribution < -0.4 is 14.8 Å². The van der Waals surface area contributed by atoms with E-state index in [1.165, 1.54) is 0 Å². The van der Waals surface area contributed by atoms with Crippen LogP contribution in [0.25, 0.3) is 5.78 Å². The molecule has 0 unspecified atom stereocenters. The third-order valence-corrected chi connectivity index (χ3v) is 4.43. The van der Waals surface area contributed by atoms with Crippen molar-refractivity contribution in [3.63, 3.8) is 0 Å². The van der Waals surface area contributed by atoms with E-state index >= 15 is 0 Å². The zero-order valence-electron chi connectivity index (χ0n) is 16.2. The number of fused-ring (bicyclic) bond motifs is 1. The number of carbonyl (C=O) groups excluding carboxylic acids is 1. The molecule has 0 saturated carbocycles. The number of aryl methyl sites for hydroxylation is 3. The number of methoxy groups -OCH3 is 2. The Morgan fingerprint density at radius 1 is 1.19 bits per heavy atom. The lowest BCUT2D eigenvalue weighted by Crippen LogP contribution is -2.18. The Bertz CT molecular complexity index is 997. The number of benzene rings is 1. The molecule has 3 aromatic rings. The molecule has 0 aliphatic rings. The molecule has 0 bridgehead atoms. The molecule has 0 saturated heterocycles. The van der Waals surface area contributed by atoms with Gasteiger partial charge in [-0.1, -0.05) is 6.92 Å². The topological polar surface area (TPSA) is 90.6 Å². The molecule has 0 atom stereocenters. The maximum absolute atomic E-state index is 12.6. The zero-order valence-corrected chi connectivity index (χ0v) is 16.2. The molecular weight excluding hydrogens is 346 g/mol. The fourth-order valence-electron chi connectivity index (χ4n) is 2.91. The Kier molecular flexibility index (Phi) is 5.25. The molecule has 1 N–H and O–H groups in total. The fourth-order valence-corrected chi connectivity index (χ4v) is 2.91. The lowest BCUT2D eigenvalue weighted by Gasteiger charge is -2.13.